The molecule has 0 saturated heterocycles. The van der Waals surface area contributed by atoms with Crippen molar-refractivity contribution in [1.29, 1.82) is 0 Å². The fourth-order valence-corrected chi connectivity index (χ4v) is 2.31. The minimum atomic E-state index is 0.659. The highest BCUT2D eigenvalue weighted by Gasteiger charge is 2.01. The summed E-state index contributed by atoms with van der Waals surface area (Å²) in [6.07, 6.45) is 0. The maximum Gasteiger partial charge on any atom is 0.123 e. The summed E-state index contributed by atoms with van der Waals surface area (Å²) in [5.74, 6) is 0.883. The van der Waals surface area contributed by atoms with Crippen LogP contribution in [0.25, 0.3) is 0 Å². The van der Waals surface area contributed by atoms with Gasteiger partial charge in [-0.3, -0.25) is 0 Å². The minimum Gasteiger partial charge on any atom is -0.496 e. The molecule has 4 heteroatoms. The Hall–Kier alpha value is -1.81. The average Bonchev–Trinajstić information content (AvgIpc) is 2.93. The third-order valence-electron chi connectivity index (χ3n) is 2.59. The summed E-state index contributed by atoms with van der Waals surface area (Å²) in [6.45, 7) is 2.66. The summed E-state index contributed by atoms with van der Waals surface area (Å²) >= 11 is 1.69. The molecule has 0 amide bonds. The summed E-state index contributed by atoms with van der Waals surface area (Å²) in [6, 6.07) is 12.0. The normalized spacial score (nSPS) is 11.3. The second-order valence-corrected chi connectivity index (χ2v) is 4.77. The van der Waals surface area contributed by atoms with Crippen LogP contribution in [0.5, 0.6) is 5.75 Å². The predicted molar refractivity (Wildman–Crippen MR) is 76.4 cm³/mol. The van der Waals surface area contributed by atoms with E-state index in [9.17, 15) is 0 Å². The Balaban J connectivity index is 1.98. The Morgan fingerprint density at radius 2 is 2.11 bits per heavy atom. The van der Waals surface area contributed by atoms with Crippen molar-refractivity contribution in [3.05, 3.63) is 52.2 Å². The van der Waals surface area contributed by atoms with Crippen molar-refractivity contribution in [2.24, 2.45) is 5.10 Å². The number of hydrazone groups is 1. The lowest BCUT2D eigenvalue weighted by Gasteiger charge is -2.07. The smallest absolute Gasteiger partial charge is 0.123 e. The van der Waals surface area contributed by atoms with Crippen molar-refractivity contribution < 1.29 is 4.74 Å². The predicted octanol–water partition coefficient (Wildman–Crippen LogP) is 3.27. The molecule has 1 heterocycles. The van der Waals surface area contributed by atoms with Crippen LogP contribution in [-0.2, 0) is 6.54 Å². The van der Waals surface area contributed by atoms with Gasteiger partial charge in [-0.25, -0.2) is 0 Å². The molecule has 2 rings (SSSR count). The zero-order valence-corrected chi connectivity index (χ0v) is 11.3. The van der Waals surface area contributed by atoms with Gasteiger partial charge in [0.05, 0.1) is 19.4 Å². The molecule has 3 nitrogen and oxygen atoms in total. The standard InChI is InChI=1S/C14H16N2OS/c1-11(14-8-5-9-18-14)16-15-10-12-6-3-4-7-13(12)17-2/h3-9,15H,10H2,1-2H3/b16-11+. The van der Waals surface area contributed by atoms with Crippen molar-refractivity contribution in [2.45, 2.75) is 13.5 Å². The van der Waals surface area contributed by atoms with Crippen molar-refractivity contribution in [3.63, 3.8) is 0 Å². The molecule has 1 N–H and O–H groups in total. The first-order valence-electron chi connectivity index (χ1n) is 5.74. The summed E-state index contributed by atoms with van der Waals surface area (Å²) in [7, 11) is 1.68. The zero-order valence-electron chi connectivity index (χ0n) is 10.5. The molecule has 1 aromatic carbocycles. The van der Waals surface area contributed by atoms with Crippen LogP contribution in [0.15, 0.2) is 46.9 Å². The summed E-state index contributed by atoms with van der Waals surface area (Å²) in [5, 5.41) is 6.41. The SMILES string of the molecule is COc1ccccc1CN/N=C(\C)c1cccs1. The second kappa shape index (κ2) is 6.21. The van der Waals surface area contributed by atoms with Gasteiger partial charge in [-0.2, -0.15) is 5.10 Å². The molecular weight excluding hydrogens is 244 g/mol. The molecular formula is C14H16N2OS. The van der Waals surface area contributed by atoms with Crippen molar-refractivity contribution >= 4 is 17.0 Å². The van der Waals surface area contributed by atoms with Gasteiger partial charge < -0.3 is 10.2 Å². The Labute approximate surface area is 111 Å². The van der Waals surface area contributed by atoms with Crippen LogP contribution >= 0.6 is 11.3 Å². The van der Waals surface area contributed by atoms with E-state index in [1.807, 2.05) is 37.3 Å². The average molecular weight is 260 g/mol. The van der Waals surface area contributed by atoms with Crippen LogP contribution in [-0.4, -0.2) is 12.8 Å². The van der Waals surface area contributed by atoms with E-state index in [2.05, 4.69) is 22.0 Å². The molecule has 0 radical (unpaired) electrons. The number of benzene rings is 1. The van der Waals surface area contributed by atoms with Gasteiger partial charge in [0.1, 0.15) is 5.75 Å². The van der Waals surface area contributed by atoms with E-state index < -0.39 is 0 Å². The fourth-order valence-electron chi connectivity index (χ4n) is 1.63. The fraction of sp³-hybridized carbons (Fsp3) is 0.214. The lowest BCUT2D eigenvalue weighted by molar-refractivity contribution is 0.408. The Bertz CT molecular complexity index is 520. The number of para-hydroxylation sites is 1. The van der Waals surface area contributed by atoms with Crippen molar-refractivity contribution in [2.75, 3.05) is 7.11 Å². The summed E-state index contributed by atoms with van der Waals surface area (Å²) in [4.78, 5) is 1.18. The maximum atomic E-state index is 5.29. The van der Waals surface area contributed by atoms with Gasteiger partial charge in [0, 0.05) is 10.4 Å². The van der Waals surface area contributed by atoms with Gasteiger partial charge >= 0.3 is 0 Å². The van der Waals surface area contributed by atoms with Crippen LogP contribution < -0.4 is 10.2 Å². The second-order valence-electron chi connectivity index (χ2n) is 3.82. The zero-order chi connectivity index (χ0) is 12.8. The highest BCUT2D eigenvalue weighted by atomic mass is 32.1. The molecule has 0 aliphatic rings. The number of methoxy groups -OCH3 is 1. The van der Waals surface area contributed by atoms with Gasteiger partial charge in [-0.1, -0.05) is 24.3 Å². The lowest BCUT2D eigenvalue weighted by atomic mass is 10.2. The van der Waals surface area contributed by atoms with Gasteiger partial charge in [0.25, 0.3) is 0 Å². The molecule has 1 aromatic heterocycles. The molecule has 0 bridgehead atoms. The molecule has 18 heavy (non-hydrogen) atoms. The van der Waals surface area contributed by atoms with Crippen LogP contribution in [0, 0.1) is 0 Å². The number of nitrogens with zero attached hydrogens (tertiary/aromatic N) is 1. The molecule has 0 saturated carbocycles. The number of ether oxygens (including phenoxy) is 1. The first kappa shape index (κ1) is 12.6. The molecule has 0 unspecified atom stereocenters. The highest BCUT2D eigenvalue weighted by Crippen LogP contribution is 2.16. The van der Waals surface area contributed by atoms with Gasteiger partial charge in [0.2, 0.25) is 0 Å². The van der Waals surface area contributed by atoms with Crippen LogP contribution in [0.1, 0.15) is 17.4 Å². The van der Waals surface area contributed by atoms with Crippen LogP contribution in [0.3, 0.4) is 0 Å². The van der Waals surface area contributed by atoms with E-state index in [1.54, 1.807) is 18.4 Å². The van der Waals surface area contributed by atoms with E-state index in [-0.39, 0.29) is 0 Å². The molecule has 0 aliphatic carbocycles. The van der Waals surface area contributed by atoms with E-state index in [0.717, 1.165) is 17.0 Å². The topological polar surface area (TPSA) is 33.6 Å². The van der Waals surface area contributed by atoms with Crippen molar-refractivity contribution in [1.82, 2.24) is 5.43 Å². The molecule has 0 spiro atoms. The highest BCUT2D eigenvalue weighted by molar-refractivity contribution is 7.12. The first-order chi connectivity index (χ1) is 8.81. The number of rotatable bonds is 5. The number of hydrogen-bond donors (Lipinski definition) is 1. The lowest BCUT2D eigenvalue weighted by Crippen LogP contribution is -2.09. The maximum absolute atomic E-state index is 5.29. The third-order valence-corrected chi connectivity index (χ3v) is 3.57. The molecule has 0 atom stereocenters. The van der Waals surface area contributed by atoms with Crippen molar-refractivity contribution in [3.8, 4) is 5.75 Å². The van der Waals surface area contributed by atoms with E-state index in [4.69, 9.17) is 4.74 Å². The van der Waals surface area contributed by atoms with Gasteiger partial charge in [0.15, 0.2) is 0 Å². The van der Waals surface area contributed by atoms with Crippen LogP contribution in [0.2, 0.25) is 0 Å². The number of nitrogens with one attached hydrogen (secondary N) is 1. The summed E-state index contributed by atoms with van der Waals surface area (Å²) < 4.78 is 5.29. The number of hydrogen-bond acceptors (Lipinski definition) is 4. The summed E-state index contributed by atoms with van der Waals surface area (Å²) in [5.41, 5.74) is 5.18. The third kappa shape index (κ3) is 3.11. The van der Waals surface area contributed by atoms with Crippen LogP contribution in [0.4, 0.5) is 0 Å². The molecule has 2 aromatic rings. The Kier molecular flexibility index (Phi) is 4.36. The quantitative estimate of drug-likeness (QED) is 0.661. The molecule has 0 aliphatic heterocycles. The van der Waals surface area contributed by atoms with E-state index >= 15 is 0 Å². The Morgan fingerprint density at radius 1 is 1.28 bits per heavy atom. The minimum absolute atomic E-state index is 0.659. The largest absolute Gasteiger partial charge is 0.496 e. The monoisotopic (exact) mass is 260 g/mol. The van der Waals surface area contributed by atoms with Gasteiger partial charge in [-0.15, -0.1) is 11.3 Å². The Morgan fingerprint density at radius 3 is 2.83 bits per heavy atom. The van der Waals surface area contributed by atoms with E-state index in [0.29, 0.717) is 6.54 Å². The molecule has 94 valence electrons. The van der Waals surface area contributed by atoms with Gasteiger partial charge in [-0.05, 0) is 24.4 Å². The van der Waals surface area contributed by atoms with E-state index in [1.165, 1.54) is 4.88 Å². The number of thiophene rings is 1. The molecule has 0 fully saturated rings. The first-order valence-corrected chi connectivity index (χ1v) is 6.62.